The van der Waals surface area contributed by atoms with Crippen LogP contribution in [0.5, 0.6) is 5.75 Å². The predicted octanol–water partition coefficient (Wildman–Crippen LogP) is 4.12. The van der Waals surface area contributed by atoms with Gasteiger partial charge < -0.3 is 9.84 Å². The molecule has 0 saturated heterocycles. The lowest BCUT2D eigenvalue weighted by atomic mass is 9.94. The molecule has 1 aliphatic carbocycles. The van der Waals surface area contributed by atoms with Crippen LogP contribution in [0.15, 0.2) is 18.2 Å². The number of hydrogen-bond donors (Lipinski definition) is 1. The zero-order valence-electron chi connectivity index (χ0n) is 14.8. The van der Waals surface area contributed by atoms with Gasteiger partial charge in [0.05, 0.1) is 0 Å². The average Bonchev–Trinajstić information content (AvgIpc) is 2.55. The van der Waals surface area contributed by atoms with E-state index in [2.05, 4.69) is 31.7 Å². The first-order chi connectivity index (χ1) is 10.6. The molecule has 0 bridgehead atoms. The highest BCUT2D eigenvalue weighted by Gasteiger charge is 2.22. The van der Waals surface area contributed by atoms with E-state index in [-0.39, 0.29) is 12.4 Å². The van der Waals surface area contributed by atoms with E-state index in [4.69, 9.17) is 4.74 Å². The lowest BCUT2D eigenvalue weighted by Crippen LogP contribution is -2.43. The van der Waals surface area contributed by atoms with E-state index in [1.807, 2.05) is 12.1 Å². The Labute approximate surface area is 147 Å². The summed E-state index contributed by atoms with van der Waals surface area (Å²) in [5, 5.41) is 10.3. The number of rotatable bonds is 7. The molecule has 1 aliphatic rings. The quantitative estimate of drug-likeness (QED) is 0.809. The number of aliphatic hydroxyl groups excluding tert-OH is 1. The van der Waals surface area contributed by atoms with Crippen LogP contribution in [-0.2, 0) is 0 Å². The normalized spacial score (nSPS) is 16.9. The van der Waals surface area contributed by atoms with Gasteiger partial charge in [0.15, 0.2) is 0 Å². The minimum atomic E-state index is -0.429. The third kappa shape index (κ3) is 5.98. The molecule has 1 fully saturated rings. The Bertz CT molecular complexity index is 461. The fourth-order valence-electron chi connectivity index (χ4n) is 3.37. The zero-order valence-corrected chi connectivity index (χ0v) is 15.6. The summed E-state index contributed by atoms with van der Waals surface area (Å²) in [7, 11) is 0. The molecule has 0 aliphatic heterocycles. The van der Waals surface area contributed by atoms with Crippen LogP contribution in [0.25, 0.3) is 0 Å². The number of hydrogen-bond acceptors (Lipinski definition) is 3. The van der Waals surface area contributed by atoms with Gasteiger partial charge in [-0.2, -0.15) is 0 Å². The molecule has 0 amide bonds. The van der Waals surface area contributed by atoms with Gasteiger partial charge in [0, 0.05) is 12.6 Å². The van der Waals surface area contributed by atoms with Crippen molar-refractivity contribution in [2.24, 2.45) is 0 Å². The van der Waals surface area contributed by atoms with Gasteiger partial charge in [-0.1, -0.05) is 38.3 Å². The highest BCUT2D eigenvalue weighted by molar-refractivity contribution is 5.85. The van der Waals surface area contributed by atoms with Crippen molar-refractivity contribution in [2.75, 3.05) is 19.7 Å². The fraction of sp³-hybridized carbons (Fsp3) is 0.684. The second-order valence-corrected chi connectivity index (χ2v) is 6.54. The standard InChI is InChI=1S/C19H31NO2.ClH/c1-4-20(17-10-6-5-7-11-17)13-18(21)14-22-19-12-8-9-15(2)16(19)3;/h8-9,12,17-18,21H,4-7,10-11,13-14H2,1-3H3;1H. The minimum absolute atomic E-state index is 0. The lowest BCUT2D eigenvalue weighted by molar-refractivity contribution is 0.0462. The Morgan fingerprint density at radius 3 is 2.57 bits per heavy atom. The summed E-state index contributed by atoms with van der Waals surface area (Å²) in [6.07, 6.45) is 6.15. The van der Waals surface area contributed by atoms with Crippen LogP contribution in [0.1, 0.15) is 50.2 Å². The number of aryl methyl sites for hydroxylation is 1. The molecule has 0 heterocycles. The van der Waals surface area contributed by atoms with Crippen molar-refractivity contribution in [1.82, 2.24) is 4.90 Å². The van der Waals surface area contributed by atoms with Crippen LogP contribution in [0.4, 0.5) is 0 Å². The second kappa shape index (κ2) is 10.2. The number of aliphatic hydroxyl groups is 1. The van der Waals surface area contributed by atoms with Crippen LogP contribution >= 0.6 is 12.4 Å². The fourth-order valence-corrected chi connectivity index (χ4v) is 3.37. The Balaban J connectivity index is 0.00000264. The molecule has 1 saturated carbocycles. The molecule has 3 nitrogen and oxygen atoms in total. The molecule has 1 atom stereocenters. The van der Waals surface area contributed by atoms with E-state index in [0.29, 0.717) is 19.2 Å². The number of nitrogens with zero attached hydrogens (tertiary/aromatic N) is 1. The highest BCUT2D eigenvalue weighted by Crippen LogP contribution is 2.23. The first-order valence-corrected chi connectivity index (χ1v) is 8.73. The van der Waals surface area contributed by atoms with Gasteiger partial charge in [0.25, 0.3) is 0 Å². The van der Waals surface area contributed by atoms with E-state index >= 15 is 0 Å². The topological polar surface area (TPSA) is 32.7 Å². The number of benzene rings is 1. The van der Waals surface area contributed by atoms with Crippen LogP contribution in [-0.4, -0.2) is 41.8 Å². The molecule has 1 N–H and O–H groups in total. The third-order valence-corrected chi connectivity index (χ3v) is 4.93. The molecule has 0 radical (unpaired) electrons. The molecule has 1 aromatic carbocycles. The molecule has 0 spiro atoms. The van der Waals surface area contributed by atoms with E-state index < -0.39 is 6.10 Å². The Hall–Kier alpha value is -0.770. The molecule has 23 heavy (non-hydrogen) atoms. The van der Waals surface area contributed by atoms with Gasteiger partial charge in [-0.15, -0.1) is 12.4 Å². The molecular weight excluding hydrogens is 310 g/mol. The third-order valence-electron chi connectivity index (χ3n) is 4.93. The van der Waals surface area contributed by atoms with Gasteiger partial charge in [-0.05, 0) is 50.4 Å². The smallest absolute Gasteiger partial charge is 0.122 e. The average molecular weight is 342 g/mol. The number of ether oxygens (including phenoxy) is 1. The van der Waals surface area contributed by atoms with Gasteiger partial charge in [0.2, 0.25) is 0 Å². The number of halogens is 1. The summed E-state index contributed by atoms with van der Waals surface area (Å²) in [6.45, 7) is 8.43. The zero-order chi connectivity index (χ0) is 15.9. The van der Waals surface area contributed by atoms with Crippen molar-refractivity contribution in [3.63, 3.8) is 0 Å². The van der Waals surface area contributed by atoms with Gasteiger partial charge in [0.1, 0.15) is 18.5 Å². The Morgan fingerprint density at radius 1 is 1.22 bits per heavy atom. The first-order valence-electron chi connectivity index (χ1n) is 8.73. The van der Waals surface area contributed by atoms with Crippen molar-refractivity contribution in [1.29, 1.82) is 0 Å². The summed E-state index contributed by atoms with van der Waals surface area (Å²) >= 11 is 0. The maximum absolute atomic E-state index is 10.3. The molecule has 1 aromatic rings. The summed E-state index contributed by atoms with van der Waals surface area (Å²) in [5.41, 5.74) is 2.39. The molecule has 2 rings (SSSR count). The molecule has 0 aromatic heterocycles. The van der Waals surface area contributed by atoms with Crippen molar-refractivity contribution in [3.8, 4) is 5.75 Å². The summed E-state index contributed by atoms with van der Waals surface area (Å²) in [6, 6.07) is 6.72. The maximum atomic E-state index is 10.3. The maximum Gasteiger partial charge on any atom is 0.122 e. The second-order valence-electron chi connectivity index (χ2n) is 6.54. The van der Waals surface area contributed by atoms with Crippen LogP contribution < -0.4 is 4.74 Å². The monoisotopic (exact) mass is 341 g/mol. The molecule has 4 heteroatoms. The minimum Gasteiger partial charge on any atom is -0.491 e. The van der Waals surface area contributed by atoms with Crippen molar-refractivity contribution < 1.29 is 9.84 Å². The van der Waals surface area contributed by atoms with Gasteiger partial charge in [-0.25, -0.2) is 0 Å². The Kier molecular flexibility index (Phi) is 8.96. The van der Waals surface area contributed by atoms with Gasteiger partial charge in [-0.3, -0.25) is 4.90 Å². The largest absolute Gasteiger partial charge is 0.491 e. The van der Waals surface area contributed by atoms with Gasteiger partial charge >= 0.3 is 0 Å². The highest BCUT2D eigenvalue weighted by atomic mass is 35.5. The summed E-state index contributed by atoms with van der Waals surface area (Å²) in [4.78, 5) is 2.43. The van der Waals surface area contributed by atoms with Crippen molar-refractivity contribution >= 4 is 12.4 Å². The first kappa shape index (κ1) is 20.3. The van der Waals surface area contributed by atoms with E-state index in [0.717, 1.165) is 17.9 Å². The lowest BCUT2D eigenvalue weighted by Gasteiger charge is -2.34. The number of likely N-dealkylation sites (N-methyl/N-ethyl adjacent to an activating group) is 1. The van der Waals surface area contributed by atoms with Crippen LogP contribution in [0.3, 0.4) is 0 Å². The predicted molar refractivity (Wildman–Crippen MR) is 98.8 cm³/mol. The van der Waals surface area contributed by atoms with Crippen LogP contribution in [0.2, 0.25) is 0 Å². The Morgan fingerprint density at radius 2 is 1.91 bits per heavy atom. The summed E-state index contributed by atoms with van der Waals surface area (Å²) in [5.74, 6) is 0.889. The van der Waals surface area contributed by atoms with E-state index in [1.54, 1.807) is 0 Å². The summed E-state index contributed by atoms with van der Waals surface area (Å²) < 4.78 is 5.84. The van der Waals surface area contributed by atoms with E-state index in [1.165, 1.54) is 37.7 Å². The SMILES string of the molecule is CCN(CC(O)COc1cccc(C)c1C)C1CCCCC1.Cl. The molecular formula is C19H32ClNO2. The van der Waals surface area contributed by atoms with Crippen molar-refractivity contribution in [3.05, 3.63) is 29.3 Å². The van der Waals surface area contributed by atoms with Crippen molar-refractivity contribution in [2.45, 2.75) is 65.0 Å². The van der Waals surface area contributed by atoms with E-state index in [9.17, 15) is 5.11 Å². The van der Waals surface area contributed by atoms with Crippen LogP contribution in [0, 0.1) is 13.8 Å². The molecule has 132 valence electrons. The molecule has 1 unspecified atom stereocenters.